The maximum absolute atomic E-state index is 5.34. The third-order valence-electron chi connectivity index (χ3n) is 3.73. The monoisotopic (exact) mass is 465 g/mol. The first kappa shape index (κ1) is 20.0. The van der Waals surface area contributed by atoms with E-state index in [4.69, 9.17) is 4.42 Å². The Balaban J connectivity index is 0.00000243. The quantitative estimate of drug-likeness (QED) is 0.319. The largest absolute Gasteiger partial charge is 0.467 e. The van der Waals surface area contributed by atoms with Gasteiger partial charge < -0.3 is 19.6 Å². The van der Waals surface area contributed by atoms with Gasteiger partial charge in [0, 0.05) is 25.5 Å². The summed E-state index contributed by atoms with van der Waals surface area (Å²) < 4.78 is 7.46. The standard InChI is InChI=1S/C19H23N5O.HI/c1-2-20-19(22-13-17-9-6-12-25-17)23-14-18-21-10-11-24(18)15-16-7-4-3-5-8-16;/h3-12H,2,13-15H2,1H3,(H2,20,22,23);1H. The molecule has 138 valence electrons. The summed E-state index contributed by atoms with van der Waals surface area (Å²) in [4.78, 5) is 9.06. The second kappa shape index (κ2) is 10.6. The van der Waals surface area contributed by atoms with Crippen LogP contribution in [0.2, 0.25) is 0 Å². The minimum atomic E-state index is 0. The molecule has 26 heavy (non-hydrogen) atoms. The minimum Gasteiger partial charge on any atom is -0.467 e. The van der Waals surface area contributed by atoms with E-state index in [0.29, 0.717) is 13.1 Å². The highest BCUT2D eigenvalue weighted by atomic mass is 127. The molecular weight excluding hydrogens is 441 g/mol. The molecular formula is C19H24IN5O. The van der Waals surface area contributed by atoms with Crippen LogP contribution in [0.4, 0.5) is 0 Å². The Morgan fingerprint density at radius 2 is 2.00 bits per heavy atom. The topological polar surface area (TPSA) is 67.4 Å². The van der Waals surface area contributed by atoms with E-state index in [1.807, 2.05) is 49.6 Å². The van der Waals surface area contributed by atoms with Gasteiger partial charge in [0.05, 0.1) is 12.8 Å². The van der Waals surface area contributed by atoms with E-state index in [2.05, 4.69) is 37.3 Å². The molecule has 0 unspecified atom stereocenters. The number of benzene rings is 1. The van der Waals surface area contributed by atoms with Crippen LogP contribution in [-0.2, 0) is 19.6 Å². The highest BCUT2D eigenvalue weighted by Crippen LogP contribution is 2.06. The molecule has 0 fully saturated rings. The first-order chi connectivity index (χ1) is 12.3. The number of halogens is 1. The van der Waals surface area contributed by atoms with Gasteiger partial charge in [-0.25, -0.2) is 9.98 Å². The molecule has 2 heterocycles. The molecule has 2 aromatic heterocycles. The number of nitrogens with one attached hydrogen (secondary N) is 2. The number of guanidine groups is 1. The number of furan rings is 1. The normalized spacial score (nSPS) is 11.0. The molecule has 0 amide bonds. The molecule has 3 rings (SSSR count). The number of aliphatic imine (C=N–C) groups is 1. The average Bonchev–Trinajstić information content (AvgIpc) is 3.30. The molecule has 0 bridgehead atoms. The highest BCUT2D eigenvalue weighted by molar-refractivity contribution is 14.0. The van der Waals surface area contributed by atoms with E-state index < -0.39 is 0 Å². The van der Waals surface area contributed by atoms with Gasteiger partial charge in [0.2, 0.25) is 0 Å². The van der Waals surface area contributed by atoms with E-state index in [-0.39, 0.29) is 24.0 Å². The molecule has 3 aromatic rings. The van der Waals surface area contributed by atoms with Crippen LogP contribution in [0.3, 0.4) is 0 Å². The summed E-state index contributed by atoms with van der Waals surface area (Å²) >= 11 is 0. The van der Waals surface area contributed by atoms with E-state index in [9.17, 15) is 0 Å². The first-order valence-corrected chi connectivity index (χ1v) is 8.43. The number of rotatable bonds is 7. The number of hydrogen-bond acceptors (Lipinski definition) is 3. The van der Waals surface area contributed by atoms with Crippen molar-refractivity contribution in [1.82, 2.24) is 20.2 Å². The smallest absolute Gasteiger partial charge is 0.192 e. The molecule has 1 aromatic carbocycles. The van der Waals surface area contributed by atoms with Gasteiger partial charge in [-0.2, -0.15) is 0 Å². The Labute approximate surface area is 170 Å². The van der Waals surface area contributed by atoms with Crippen molar-refractivity contribution < 1.29 is 4.42 Å². The van der Waals surface area contributed by atoms with Gasteiger partial charge in [0.15, 0.2) is 5.96 Å². The van der Waals surface area contributed by atoms with Gasteiger partial charge in [-0.3, -0.25) is 0 Å². The fourth-order valence-electron chi connectivity index (χ4n) is 2.49. The Bertz CT molecular complexity index is 783. The zero-order valence-corrected chi connectivity index (χ0v) is 17.1. The highest BCUT2D eigenvalue weighted by Gasteiger charge is 2.05. The van der Waals surface area contributed by atoms with Crippen molar-refractivity contribution in [3.05, 3.63) is 78.3 Å². The Morgan fingerprint density at radius 3 is 2.73 bits per heavy atom. The molecule has 0 aliphatic carbocycles. The molecule has 0 saturated heterocycles. The van der Waals surface area contributed by atoms with Crippen molar-refractivity contribution in [3.63, 3.8) is 0 Å². The Kier molecular flexibility index (Phi) is 8.20. The summed E-state index contributed by atoms with van der Waals surface area (Å²) in [7, 11) is 0. The molecule has 7 heteroatoms. The van der Waals surface area contributed by atoms with Gasteiger partial charge in [-0.05, 0) is 24.6 Å². The maximum atomic E-state index is 5.34. The zero-order valence-electron chi connectivity index (χ0n) is 14.8. The maximum Gasteiger partial charge on any atom is 0.192 e. The number of nitrogens with zero attached hydrogens (tertiary/aromatic N) is 3. The summed E-state index contributed by atoms with van der Waals surface area (Å²) in [6, 6.07) is 14.2. The number of imidazole rings is 1. The van der Waals surface area contributed by atoms with Crippen LogP contribution in [0.15, 0.2) is 70.5 Å². The SMILES string of the molecule is CCNC(=NCc1nccn1Cc1ccccc1)NCc1ccco1.I. The van der Waals surface area contributed by atoms with Crippen LogP contribution in [0, 0.1) is 0 Å². The minimum absolute atomic E-state index is 0. The van der Waals surface area contributed by atoms with Crippen LogP contribution in [0.25, 0.3) is 0 Å². The number of aromatic nitrogens is 2. The van der Waals surface area contributed by atoms with Crippen molar-refractivity contribution in [2.24, 2.45) is 4.99 Å². The predicted octanol–water partition coefficient (Wildman–Crippen LogP) is 3.40. The molecule has 2 N–H and O–H groups in total. The van der Waals surface area contributed by atoms with E-state index in [1.54, 1.807) is 6.26 Å². The molecule has 6 nitrogen and oxygen atoms in total. The fraction of sp³-hybridized carbons (Fsp3) is 0.263. The lowest BCUT2D eigenvalue weighted by molar-refractivity contribution is 0.501. The lowest BCUT2D eigenvalue weighted by Crippen LogP contribution is -2.36. The van der Waals surface area contributed by atoms with Gasteiger partial charge in [0.25, 0.3) is 0 Å². The zero-order chi connectivity index (χ0) is 17.3. The lowest BCUT2D eigenvalue weighted by Gasteiger charge is -2.11. The second-order valence-electron chi connectivity index (χ2n) is 5.59. The van der Waals surface area contributed by atoms with E-state index in [1.165, 1.54) is 5.56 Å². The van der Waals surface area contributed by atoms with Crippen molar-refractivity contribution in [3.8, 4) is 0 Å². The Hall–Kier alpha value is -2.29. The van der Waals surface area contributed by atoms with Crippen LogP contribution in [-0.4, -0.2) is 22.1 Å². The Morgan fingerprint density at radius 1 is 1.15 bits per heavy atom. The van der Waals surface area contributed by atoms with Gasteiger partial charge in [-0.1, -0.05) is 30.3 Å². The van der Waals surface area contributed by atoms with E-state index >= 15 is 0 Å². The van der Waals surface area contributed by atoms with E-state index in [0.717, 1.165) is 30.6 Å². The van der Waals surface area contributed by atoms with Crippen molar-refractivity contribution >= 4 is 29.9 Å². The summed E-state index contributed by atoms with van der Waals surface area (Å²) in [5, 5.41) is 6.50. The second-order valence-corrected chi connectivity index (χ2v) is 5.59. The molecule has 0 aliphatic rings. The molecule has 0 saturated carbocycles. The lowest BCUT2D eigenvalue weighted by atomic mass is 10.2. The molecule has 0 aliphatic heterocycles. The summed E-state index contributed by atoms with van der Waals surface area (Å²) in [5.74, 6) is 2.54. The van der Waals surface area contributed by atoms with Crippen LogP contribution in [0.5, 0.6) is 0 Å². The molecule has 0 radical (unpaired) electrons. The third-order valence-corrected chi connectivity index (χ3v) is 3.73. The van der Waals surface area contributed by atoms with Gasteiger partial charge >= 0.3 is 0 Å². The summed E-state index contributed by atoms with van der Waals surface area (Å²) in [6.45, 7) is 4.73. The molecule has 0 atom stereocenters. The van der Waals surface area contributed by atoms with Gasteiger partial charge in [-0.15, -0.1) is 24.0 Å². The van der Waals surface area contributed by atoms with Crippen molar-refractivity contribution in [1.29, 1.82) is 0 Å². The summed E-state index contributed by atoms with van der Waals surface area (Å²) in [5.41, 5.74) is 1.24. The van der Waals surface area contributed by atoms with Gasteiger partial charge in [0.1, 0.15) is 18.1 Å². The number of hydrogen-bond donors (Lipinski definition) is 2. The predicted molar refractivity (Wildman–Crippen MR) is 114 cm³/mol. The third kappa shape index (κ3) is 5.91. The fourth-order valence-corrected chi connectivity index (χ4v) is 2.49. The first-order valence-electron chi connectivity index (χ1n) is 8.43. The summed E-state index contributed by atoms with van der Waals surface area (Å²) in [6.07, 6.45) is 5.47. The van der Waals surface area contributed by atoms with Crippen LogP contribution < -0.4 is 10.6 Å². The van der Waals surface area contributed by atoms with Crippen LogP contribution >= 0.6 is 24.0 Å². The molecule has 0 spiro atoms. The van der Waals surface area contributed by atoms with Crippen LogP contribution in [0.1, 0.15) is 24.1 Å². The van der Waals surface area contributed by atoms with Crippen molar-refractivity contribution in [2.45, 2.75) is 26.6 Å². The average molecular weight is 465 g/mol. The van der Waals surface area contributed by atoms with Crippen molar-refractivity contribution in [2.75, 3.05) is 6.54 Å².